The molecule has 0 amide bonds. The number of thiophene rings is 1. The maximum Gasteiger partial charge on any atom is 0.0597 e. The Kier molecular flexibility index (Phi) is 5.38. The van der Waals surface area contributed by atoms with Gasteiger partial charge in [0.05, 0.1) is 17.4 Å². The van der Waals surface area contributed by atoms with E-state index >= 15 is 0 Å². The van der Waals surface area contributed by atoms with Crippen LogP contribution in [0.3, 0.4) is 0 Å². The molecule has 0 aliphatic rings. The van der Waals surface area contributed by atoms with Gasteiger partial charge in [0.2, 0.25) is 0 Å². The highest BCUT2D eigenvalue weighted by Crippen LogP contribution is 2.24. The highest BCUT2D eigenvalue weighted by Gasteiger charge is 2.17. The molecule has 0 aromatic carbocycles. The molecule has 3 nitrogen and oxygen atoms in total. The van der Waals surface area contributed by atoms with Crippen LogP contribution in [-0.2, 0) is 19.9 Å². The number of hydrogen-bond donors (Lipinski definition) is 1. The molecule has 0 spiro atoms. The van der Waals surface area contributed by atoms with E-state index in [9.17, 15) is 0 Å². The first-order valence-corrected chi connectivity index (χ1v) is 8.27. The van der Waals surface area contributed by atoms with Gasteiger partial charge in [0.15, 0.2) is 0 Å². The molecule has 0 radical (unpaired) electrons. The third kappa shape index (κ3) is 3.70. The third-order valence-electron chi connectivity index (χ3n) is 3.51. The summed E-state index contributed by atoms with van der Waals surface area (Å²) in [7, 11) is 2.04. The van der Waals surface area contributed by atoms with Crippen molar-refractivity contribution in [2.45, 2.75) is 46.1 Å². The number of aryl methyl sites for hydroxylation is 3. The summed E-state index contributed by atoms with van der Waals surface area (Å²) in [4.78, 5) is 2.92. The molecule has 2 heterocycles. The Labute approximate surface area is 126 Å². The first-order valence-electron chi connectivity index (χ1n) is 7.45. The molecule has 2 aromatic rings. The number of nitrogens with zero attached hydrogens (tertiary/aromatic N) is 2. The maximum atomic E-state index is 4.48. The fourth-order valence-electron chi connectivity index (χ4n) is 2.48. The molecular weight excluding hydrogens is 266 g/mol. The zero-order valence-electron chi connectivity index (χ0n) is 12.9. The summed E-state index contributed by atoms with van der Waals surface area (Å²) < 4.78 is 2.01. The minimum absolute atomic E-state index is 0.351. The topological polar surface area (TPSA) is 29.9 Å². The summed E-state index contributed by atoms with van der Waals surface area (Å²) >= 11 is 1.93. The number of hydrogen-bond acceptors (Lipinski definition) is 3. The van der Waals surface area contributed by atoms with E-state index in [1.165, 1.54) is 15.4 Å². The van der Waals surface area contributed by atoms with Crippen LogP contribution in [0.15, 0.2) is 18.2 Å². The second-order valence-electron chi connectivity index (χ2n) is 5.27. The van der Waals surface area contributed by atoms with Crippen molar-refractivity contribution >= 4 is 11.3 Å². The van der Waals surface area contributed by atoms with Gasteiger partial charge in [0, 0.05) is 23.2 Å². The Bertz CT molecular complexity index is 542. The minimum Gasteiger partial charge on any atom is -0.308 e. The van der Waals surface area contributed by atoms with Crippen LogP contribution in [0.2, 0.25) is 0 Å². The predicted octanol–water partition coefficient (Wildman–Crippen LogP) is 3.64. The first-order chi connectivity index (χ1) is 9.63. The zero-order chi connectivity index (χ0) is 14.5. The van der Waals surface area contributed by atoms with Gasteiger partial charge < -0.3 is 5.32 Å². The van der Waals surface area contributed by atoms with Gasteiger partial charge in [-0.3, -0.25) is 4.68 Å². The first kappa shape index (κ1) is 15.3. The lowest BCUT2D eigenvalue weighted by molar-refractivity contribution is 0.495. The minimum atomic E-state index is 0.351. The molecule has 20 heavy (non-hydrogen) atoms. The summed E-state index contributed by atoms with van der Waals surface area (Å²) in [5.41, 5.74) is 2.37. The molecule has 2 aromatic heterocycles. The van der Waals surface area contributed by atoms with Crippen molar-refractivity contribution in [1.29, 1.82) is 0 Å². The van der Waals surface area contributed by atoms with Gasteiger partial charge in [-0.25, -0.2) is 0 Å². The van der Waals surface area contributed by atoms with E-state index in [2.05, 4.69) is 49.4 Å². The van der Waals surface area contributed by atoms with E-state index in [1.807, 2.05) is 23.1 Å². The van der Waals surface area contributed by atoms with Gasteiger partial charge in [-0.1, -0.05) is 13.8 Å². The van der Waals surface area contributed by atoms with E-state index in [1.54, 1.807) is 0 Å². The van der Waals surface area contributed by atoms with Crippen molar-refractivity contribution in [3.63, 3.8) is 0 Å². The molecule has 4 heteroatoms. The summed E-state index contributed by atoms with van der Waals surface area (Å²) in [5, 5.41) is 8.14. The second kappa shape index (κ2) is 7.04. The SMILES string of the molecule is CCCNC(Cc1ccc(CC)s1)c1cc(C)nn1C. The molecule has 0 saturated heterocycles. The summed E-state index contributed by atoms with van der Waals surface area (Å²) in [5.74, 6) is 0. The normalized spacial score (nSPS) is 12.8. The van der Waals surface area contributed by atoms with Crippen LogP contribution in [-0.4, -0.2) is 16.3 Å². The Morgan fingerprint density at radius 2 is 2.05 bits per heavy atom. The van der Waals surface area contributed by atoms with Gasteiger partial charge >= 0.3 is 0 Å². The van der Waals surface area contributed by atoms with Crippen LogP contribution >= 0.6 is 11.3 Å². The Balaban J connectivity index is 2.16. The molecule has 1 unspecified atom stereocenters. The average molecular weight is 291 g/mol. The van der Waals surface area contributed by atoms with Crippen molar-refractivity contribution in [1.82, 2.24) is 15.1 Å². The highest BCUT2D eigenvalue weighted by molar-refractivity contribution is 7.11. The molecule has 0 saturated carbocycles. The van der Waals surface area contributed by atoms with Crippen LogP contribution in [0.25, 0.3) is 0 Å². The average Bonchev–Trinajstić information content (AvgIpc) is 3.01. The van der Waals surface area contributed by atoms with Gasteiger partial charge in [-0.2, -0.15) is 5.10 Å². The van der Waals surface area contributed by atoms with Crippen molar-refractivity contribution in [3.05, 3.63) is 39.3 Å². The molecular formula is C16H25N3S. The van der Waals surface area contributed by atoms with Gasteiger partial charge in [-0.15, -0.1) is 11.3 Å². The van der Waals surface area contributed by atoms with Crippen molar-refractivity contribution in [3.8, 4) is 0 Å². The lowest BCUT2D eigenvalue weighted by atomic mass is 10.1. The molecule has 0 aliphatic heterocycles. The number of aromatic nitrogens is 2. The van der Waals surface area contributed by atoms with E-state index in [-0.39, 0.29) is 0 Å². The monoisotopic (exact) mass is 291 g/mol. The number of rotatable bonds is 7. The van der Waals surface area contributed by atoms with Crippen LogP contribution in [0, 0.1) is 6.92 Å². The highest BCUT2D eigenvalue weighted by atomic mass is 32.1. The van der Waals surface area contributed by atoms with E-state index in [0.29, 0.717) is 6.04 Å². The summed E-state index contributed by atoms with van der Waals surface area (Å²) in [6.07, 6.45) is 3.32. The Hall–Kier alpha value is -1.13. The van der Waals surface area contributed by atoms with Gasteiger partial charge in [0.25, 0.3) is 0 Å². The van der Waals surface area contributed by atoms with E-state index < -0.39 is 0 Å². The largest absolute Gasteiger partial charge is 0.308 e. The van der Waals surface area contributed by atoms with Gasteiger partial charge in [0.1, 0.15) is 0 Å². The van der Waals surface area contributed by atoms with E-state index in [0.717, 1.165) is 31.5 Å². The number of nitrogens with one attached hydrogen (secondary N) is 1. The fraction of sp³-hybridized carbons (Fsp3) is 0.562. The molecule has 0 fully saturated rings. The van der Waals surface area contributed by atoms with Crippen LogP contribution in [0.4, 0.5) is 0 Å². The van der Waals surface area contributed by atoms with Crippen LogP contribution in [0.1, 0.15) is 47.5 Å². The van der Waals surface area contributed by atoms with Crippen LogP contribution < -0.4 is 5.32 Å². The lowest BCUT2D eigenvalue weighted by Crippen LogP contribution is -2.25. The Morgan fingerprint density at radius 3 is 2.60 bits per heavy atom. The van der Waals surface area contributed by atoms with Crippen molar-refractivity contribution < 1.29 is 0 Å². The lowest BCUT2D eigenvalue weighted by Gasteiger charge is -2.18. The van der Waals surface area contributed by atoms with Crippen molar-refractivity contribution in [2.24, 2.45) is 7.05 Å². The summed E-state index contributed by atoms with van der Waals surface area (Å²) in [6.45, 7) is 7.52. The molecule has 0 aliphatic carbocycles. The maximum absolute atomic E-state index is 4.48. The quantitative estimate of drug-likeness (QED) is 0.844. The Morgan fingerprint density at radius 1 is 1.30 bits per heavy atom. The van der Waals surface area contributed by atoms with E-state index in [4.69, 9.17) is 0 Å². The third-order valence-corrected chi connectivity index (χ3v) is 4.76. The molecule has 0 bridgehead atoms. The predicted molar refractivity (Wildman–Crippen MR) is 86.4 cm³/mol. The summed E-state index contributed by atoms with van der Waals surface area (Å²) in [6, 6.07) is 7.07. The smallest absolute Gasteiger partial charge is 0.0597 e. The second-order valence-corrected chi connectivity index (χ2v) is 6.52. The molecule has 1 atom stereocenters. The zero-order valence-corrected chi connectivity index (χ0v) is 13.8. The fourth-order valence-corrected chi connectivity index (χ4v) is 3.48. The molecule has 2 rings (SSSR count). The van der Waals surface area contributed by atoms with Gasteiger partial charge in [-0.05, 0) is 44.5 Å². The van der Waals surface area contributed by atoms with Crippen LogP contribution in [0.5, 0.6) is 0 Å². The van der Waals surface area contributed by atoms with Crippen molar-refractivity contribution in [2.75, 3.05) is 6.54 Å². The standard InChI is InChI=1S/C16H25N3S/c1-5-9-17-15(16-10-12(3)18-19(16)4)11-14-8-7-13(6-2)20-14/h7-8,10,15,17H,5-6,9,11H2,1-4H3. The molecule has 110 valence electrons. The molecule has 1 N–H and O–H groups in total.